The van der Waals surface area contributed by atoms with Gasteiger partial charge in [-0.15, -0.1) is 0 Å². The minimum Gasteiger partial charge on any atom is -0.495 e. The van der Waals surface area contributed by atoms with E-state index in [2.05, 4.69) is 12.2 Å². The molecule has 1 heterocycles. The number of anilines is 1. The van der Waals surface area contributed by atoms with Gasteiger partial charge in [0.15, 0.2) is 0 Å². The number of carbonyl (C=O) groups excluding carboxylic acids is 1. The van der Waals surface area contributed by atoms with E-state index in [4.69, 9.17) is 16.3 Å². The molecule has 0 aromatic heterocycles. The highest BCUT2D eigenvalue weighted by molar-refractivity contribution is 6.31. The van der Waals surface area contributed by atoms with Crippen LogP contribution in [0.2, 0.25) is 5.02 Å². The number of nitrogens with one attached hydrogen (secondary N) is 1. The SMILES string of the molecule is COc1cc(Cl)c(C)cc1NCC(=O)N1CCCC(C)C1. The van der Waals surface area contributed by atoms with Crippen molar-refractivity contribution in [3.63, 3.8) is 0 Å². The molecule has 1 aliphatic heterocycles. The largest absolute Gasteiger partial charge is 0.495 e. The number of benzene rings is 1. The van der Waals surface area contributed by atoms with Crippen LogP contribution in [0.4, 0.5) is 5.69 Å². The highest BCUT2D eigenvalue weighted by Crippen LogP contribution is 2.30. The maximum absolute atomic E-state index is 12.3. The summed E-state index contributed by atoms with van der Waals surface area (Å²) in [5.41, 5.74) is 1.76. The number of ether oxygens (including phenoxy) is 1. The number of rotatable bonds is 4. The second kappa shape index (κ2) is 7.03. The molecular weight excluding hydrogens is 288 g/mol. The normalized spacial score (nSPS) is 18.5. The quantitative estimate of drug-likeness (QED) is 0.927. The van der Waals surface area contributed by atoms with Crippen molar-refractivity contribution in [2.45, 2.75) is 26.7 Å². The number of amides is 1. The molecule has 1 saturated heterocycles. The van der Waals surface area contributed by atoms with Crippen LogP contribution in [-0.2, 0) is 4.79 Å². The molecule has 0 radical (unpaired) electrons. The summed E-state index contributed by atoms with van der Waals surface area (Å²) < 4.78 is 5.30. The van der Waals surface area contributed by atoms with E-state index >= 15 is 0 Å². The van der Waals surface area contributed by atoms with Crippen LogP contribution in [0.15, 0.2) is 12.1 Å². The third-order valence-corrected chi connectivity index (χ3v) is 4.33. The lowest BCUT2D eigenvalue weighted by atomic mass is 10.0. The lowest BCUT2D eigenvalue weighted by Crippen LogP contribution is -2.41. The van der Waals surface area contributed by atoms with Crippen molar-refractivity contribution in [3.8, 4) is 5.75 Å². The Morgan fingerprint density at radius 1 is 1.52 bits per heavy atom. The van der Waals surface area contributed by atoms with E-state index in [1.807, 2.05) is 17.9 Å². The summed E-state index contributed by atoms with van der Waals surface area (Å²) in [5.74, 6) is 1.39. The molecule has 1 amide bonds. The minimum absolute atomic E-state index is 0.135. The summed E-state index contributed by atoms with van der Waals surface area (Å²) >= 11 is 6.08. The van der Waals surface area contributed by atoms with Crippen LogP contribution in [0.3, 0.4) is 0 Å². The van der Waals surface area contributed by atoms with Crippen LogP contribution in [0.1, 0.15) is 25.3 Å². The van der Waals surface area contributed by atoms with Crippen molar-refractivity contribution >= 4 is 23.2 Å². The zero-order chi connectivity index (χ0) is 15.4. The fourth-order valence-corrected chi connectivity index (χ4v) is 2.82. The van der Waals surface area contributed by atoms with Gasteiger partial charge in [0, 0.05) is 24.2 Å². The third kappa shape index (κ3) is 4.03. The number of halogens is 1. The first-order valence-electron chi connectivity index (χ1n) is 7.37. The Morgan fingerprint density at radius 2 is 2.29 bits per heavy atom. The molecule has 0 spiro atoms. The number of likely N-dealkylation sites (tertiary alicyclic amines) is 1. The van der Waals surface area contributed by atoms with Crippen LogP contribution in [0.25, 0.3) is 0 Å². The van der Waals surface area contributed by atoms with Gasteiger partial charge in [0.2, 0.25) is 5.91 Å². The van der Waals surface area contributed by atoms with Crippen molar-refractivity contribution in [2.24, 2.45) is 5.92 Å². The molecule has 1 fully saturated rings. The van der Waals surface area contributed by atoms with Crippen LogP contribution in [0.5, 0.6) is 5.75 Å². The van der Waals surface area contributed by atoms with Crippen molar-refractivity contribution in [3.05, 3.63) is 22.7 Å². The predicted octanol–water partition coefficient (Wildman–Crippen LogP) is 3.33. The molecule has 1 aromatic rings. The summed E-state index contributed by atoms with van der Waals surface area (Å²) in [4.78, 5) is 14.2. The number of hydrogen-bond acceptors (Lipinski definition) is 3. The predicted molar refractivity (Wildman–Crippen MR) is 86.2 cm³/mol. The summed E-state index contributed by atoms with van der Waals surface area (Å²) in [6, 6.07) is 3.68. The Hall–Kier alpha value is -1.42. The molecule has 1 unspecified atom stereocenters. The topological polar surface area (TPSA) is 41.6 Å². The molecule has 5 heteroatoms. The van der Waals surface area contributed by atoms with Crippen molar-refractivity contribution < 1.29 is 9.53 Å². The molecule has 2 rings (SSSR count). The first-order valence-corrected chi connectivity index (χ1v) is 7.75. The highest BCUT2D eigenvalue weighted by atomic mass is 35.5. The molecule has 116 valence electrons. The van der Waals surface area contributed by atoms with Gasteiger partial charge in [0.05, 0.1) is 19.3 Å². The van der Waals surface area contributed by atoms with Gasteiger partial charge in [-0.05, 0) is 37.3 Å². The zero-order valence-electron chi connectivity index (χ0n) is 12.9. The summed E-state index contributed by atoms with van der Waals surface area (Å²) in [5, 5.41) is 3.83. The zero-order valence-corrected chi connectivity index (χ0v) is 13.7. The molecule has 0 saturated carbocycles. The molecule has 0 aliphatic carbocycles. The van der Waals surface area contributed by atoms with Crippen LogP contribution in [-0.4, -0.2) is 37.6 Å². The highest BCUT2D eigenvalue weighted by Gasteiger charge is 2.20. The first-order chi connectivity index (χ1) is 10.0. The van der Waals surface area contributed by atoms with Gasteiger partial charge < -0.3 is 15.0 Å². The van der Waals surface area contributed by atoms with Crippen LogP contribution in [0, 0.1) is 12.8 Å². The number of piperidine rings is 1. The van der Waals surface area contributed by atoms with E-state index < -0.39 is 0 Å². The molecule has 1 aliphatic rings. The molecule has 4 nitrogen and oxygen atoms in total. The standard InChI is InChI=1S/C16H23ClN2O2/c1-11-5-4-6-19(10-11)16(20)9-18-14-7-12(2)13(17)8-15(14)21-3/h7-8,11,18H,4-6,9-10H2,1-3H3. The third-order valence-electron chi connectivity index (χ3n) is 3.92. The fourth-order valence-electron chi connectivity index (χ4n) is 2.67. The molecule has 1 N–H and O–H groups in total. The number of aryl methyl sites for hydroxylation is 1. The number of hydrogen-bond donors (Lipinski definition) is 1. The van der Waals surface area contributed by atoms with E-state index in [0.29, 0.717) is 16.7 Å². The second-order valence-corrected chi connectivity index (χ2v) is 6.15. The second-order valence-electron chi connectivity index (χ2n) is 5.74. The average molecular weight is 311 g/mol. The summed E-state index contributed by atoms with van der Waals surface area (Å²) in [7, 11) is 1.60. The Balaban J connectivity index is 1.99. The van der Waals surface area contributed by atoms with Gasteiger partial charge >= 0.3 is 0 Å². The van der Waals surface area contributed by atoms with E-state index in [9.17, 15) is 4.79 Å². The number of methoxy groups -OCH3 is 1. The lowest BCUT2D eigenvalue weighted by Gasteiger charge is -2.31. The Bertz CT molecular complexity index is 519. The van der Waals surface area contributed by atoms with Crippen molar-refractivity contribution in [1.82, 2.24) is 4.90 Å². The van der Waals surface area contributed by atoms with Crippen molar-refractivity contribution in [2.75, 3.05) is 32.1 Å². The Kier molecular flexibility index (Phi) is 5.34. The maximum atomic E-state index is 12.3. The minimum atomic E-state index is 0.135. The average Bonchev–Trinajstić information content (AvgIpc) is 2.47. The van der Waals surface area contributed by atoms with Crippen LogP contribution >= 0.6 is 11.6 Å². The van der Waals surface area contributed by atoms with Gasteiger partial charge in [-0.1, -0.05) is 18.5 Å². The van der Waals surface area contributed by atoms with Gasteiger partial charge in [-0.25, -0.2) is 0 Å². The number of carbonyl (C=O) groups is 1. The van der Waals surface area contributed by atoms with Gasteiger partial charge in [-0.2, -0.15) is 0 Å². The molecule has 1 aromatic carbocycles. The van der Waals surface area contributed by atoms with Crippen LogP contribution < -0.4 is 10.1 Å². The van der Waals surface area contributed by atoms with Gasteiger partial charge in [0.1, 0.15) is 5.75 Å². The van der Waals surface area contributed by atoms with Crippen molar-refractivity contribution in [1.29, 1.82) is 0 Å². The molecule has 0 bridgehead atoms. The van der Waals surface area contributed by atoms with E-state index in [0.717, 1.165) is 30.8 Å². The lowest BCUT2D eigenvalue weighted by molar-refractivity contribution is -0.130. The van der Waals surface area contributed by atoms with Gasteiger partial charge in [-0.3, -0.25) is 4.79 Å². The Labute approximate surface area is 131 Å². The summed E-state index contributed by atoms with van der Waals surface area (Å²) in [6.07, 6.45) is 2.30. The molecular formula is C16H23ClN2O2. The molecule has 21 heavy (non-hydrogen) atoms. The first kappa shape index (κ1) is 16.0. The fraction of sp³-hybridized carbons (Fsp3) is 0.562. The summed E-state index contributed by atoms with van der Waals surface area (Å²) in [6.45, 7) is 6.13. The van der Waals surface area contributed by atoms with E-state index in [1.165, 1.54) is 6.42 Å². The van der Waals surface area contributed by atoms with Gasteiger partial charge in [0.25, 0.3) is 0 Å². The maximum Gasteiger partial charge on any atom is 0.241 e. The van der Waals surface area contributed by atoms with E-state index in [-0.39, 0.29) is 12.5 Å². The van der Waals surface area contributed by atoms with E-state index in [1.54, 1.807) is 13.2 Å². The number of nitrogens with zero attached hydrogens (tertiary/aromatic N) is 1. The monoisotopic (exact) mass is 310 g/mol. The molecule has 1 atom stereocenters. The smallest absolute Gasteiger partial charge is 0.241 e. The Morgan fingerprint density at radius 3 is 2.95 bits per heavy atom.